The molecule has 108 valence electrons. The molecule has 2 rings (SSSR count). The van der Waals surface area contributed by atoms with Crippen LogP contribution in [0.2, 0.25) is 0 Å². The summed E-state index contributed by atoms with van der Waals surface area (Å²) in [5, 5.41) is 5.74. The average Bonchev–Trinajstić information content (AvgIpc) is 2.85. The fourth-order valence-electron chi connectivity index (χ4n) is 1.98. The predicted molar refractivity (Wildman–Crippen MR) is 79.0 cm³/mol. The van der Waals surface area contributed by atoms with Gasteiger partial charge in [-0.2, -0.15) is 0 Å². The smallest absolute Gasteiger partial charge is 0.321 e. The number of amides is 3. The maximum atomic E-state index is 12.1. The molecule has 20 heavy (non-hydrogen) atoms. The summed E-state index contributed by atoms with van der Waals surface area (Å²) in [6, 6.07) is 7.02. The standard InChI is InChI=1S/C15H21N3O2/c1-4-15(2,3)17-13(19)11-5-7-12(8-6-11)18-10-9-16-14(18)20/h5-8H,4,9-10H2,1-3H3,(H,16,20)(H,17,19). The number of carbonyl (C=O) groups is 2. The number of hydrogen-bond acceptors (Lipinski definition) is 2. The summed E-state index contributed by atoms with van der Waals surface area (Å²) >= 11 is 0. The number of nitrogens with zero attached hydrogens (tertiary/aromatic N) is 1. The van der Waals surface area contributed by atoms with Crippen LogP contribution in [0.3, 0.4) is 0 Å². The van der Waals surface area contributed by atoms with E-state index in [0.29, 0.717) is 18.7 Å². The summed E-state index contributed by atoms with van der Waals surface area (Å²) < 4.78 is 0. The van der Waals surface area contributed by atoms with Gasteiger partial charge in [-0.15, -0.1) is 0 Å². The van der Waals surface area contributed by atoms with E-state index in [2.05, 4.69) is 10.6 Å². The van der Waals surface area contributed by atoms with Gasteiger partial charge in [0.2, 0.25) is 0 Å². The zero-order valence-corrected chi connectivity index (χ0v) is 12.2. The molecule has 3 amide bonds. The number of anilines is 1. The Hall–Kier alpha value is -2.04. The molecule has 0 spiro atoms. The second-order valence-corrected chi connectivity index (χ2v) is 5.62. The molecule has 1 fully saturated rings. The summed E-state index contributed by atoms with van der Waals surface area (Å²) in [7, 11) is 0. The molecule has 0 radical (unpaired) electrons. The molecule has 0 aromatic heterocycles. The van der Waals surface area contributed by atoms with Gasteiger partial charge in [-0.3, -0.25) is 9.69 Å². The van der Waals surface area contributed by atoms with E-state index in [4.69, 9.17) is 0 Å². The zero-order chi connectivity index (χ0) is 14.8. The fraction of sp³-hybridized carbons (Fsp3) is 0.467. The van der Waals surface area contributed by atoms with Crippen LogP contribution in [0.4, 0.5) is 10.5 Å². The molecule has 5 heteroatoms. The Labute approximate surface area is 119 Å². The Balaban J connectivity index is 2.08. The second-order valence-electron chi connectivity index (χ2n) is 5.62. The van der Waals surface area contributed by atoms with Crippen LogP contribution >= 0.6 is 0 Å². The van der Waals surface area contributed by atoms with E-state index in [1.807, 2.05) is 20.8 Å². The lowest BCUT2D eigenvalue weighted by Crippen LogP contribution is -2.42. The lowest BCUT2D eigenvalue weighted by atomic mass is 10.0. The molecule has 1 heterocycles. The van der Waals surface area contributed by atoms with Crippen molar-refractivity contribution in [1.82, 2.24) is 10.6 Å². The molecule has 2 N–H and O–H groups in total. The van der Waals surface area contributed by atoms with Crippen molar-refractivity contribution in [3.8, 4) is 0 Å². The van der Waals surface area contributed by atoms with Crippen LogP contribution in [-0.2, 0) is 0 Å². The number of hydrogen-bond donors (Lipinski definition) is 2. The third-order valence-corrected chi connectivity index (χ3v) is 3.63. The first-order valence-corrected chi connectivity index (χ1v) is 6.91. The summed E-state index contributed by atoms with van der Waals surface area (Å²) in [6.07, 6.45) is 0.866. The molecular weight excluding hydrogens is 254 g/mol. The van der Waals surface area contributed by atoms with Crippen LogP contribution in [-0.4, -0.2) is 30.6 Å². The molecule has 1 aliphatic heterocycles. The van der Waals surface area contributed by atoms with Crippen LogP contribution in [0.25, 0.3) is 0 Å². The predicted octanol–water partition coefficient (Wildman–Crippen LogP) is 2.13. The number of carbonyl (C=O) groups excluding carboxylic acids is 2. The second kappa shape index (κ2) is 5.53. The number of benzene rings is 1. The Morgan fingerprint density at radius 2 is 2.00 bits per heavy atom. The van der Waals surface area contributed by atoms with Gasteiger partial charge in [-0.25, -0.2) is 4.79 Å². The Morgan fingerprint density at radius 1 is 1.35 bits per heavy atom. The molecule has 1 aromatic carbocycles. The molecule has 1 aliphatic rings. The van der Waals surface area contributed by atoms with Gasteiger partial charge < -0.3 is 10.6 Å². The molecule has 0 unspecified atom stereocenters. The van der Waals surface area contributed by atoms with Crippen molar-refractivity contribution in [2.24, 2.45) is 0 Å². The van der Waals surface area contributed by atoms with E-state index < -0.39 is 0 Å². The highest BCUT2D eigenvalue weighted by atomic mass is 16.2. The van der Waals surface area contributed by atoms with Crippen molar-refractivity contribution in [3.05, 3.63) is 29.8 Å². The minimum atomic E-state index is -0.218. The lowest BCUT2D eigenvalue weighted by molar-refractivity contribution is 0.0911. The van der Waals surface area contributed by atoms with Gasteiger partial charge in [-0.1, -0.05) is 6.92 Å². The third-order valence-electron chi connectivity index (χ3n) is 3.63. The number of urea groups is 1. The summed E-state index contributed by atoms with van der Waals surface area (Å²) in [5.41, 5.74) is 1.20. The first-order chi connectivity index (χ1) is 9.43. The van der Waals surface area contributed by atoms with Crippen LogP contribution in [0.5, 0.6) is 0 Å². The van der Waals surface area contributed by atoms with Crippen molar-refractivity contribution in [1.29, 1.82) is 0 Å². The maximum absolute atomic E-state index is 12.1. The van der Waals surface area contributed by atoms with Gasteiger partial charge in [-0.05, 0) is 44.5 Å². The molecule has 0 bridgehead atoms. The van der Waals surface area contributed by atoms with Crippen molar-refractivity contribution in [2.45, 2.75) is 32.7 Å². The summed E-state index contributed by atoms with van der Waals surface area (Å²) in [4.78, 5) is 25.3. The van der Waals surface area contributed by atoms with Crippen molar-refractivity contribution in [3.63, 3.8) is 0 Å². The fourth-order valence-corrected chi connectivity index (χ4v) is 1.98. The topological polar surface area (TPSA) is 61.4 Å². The SMILES string of the molecule is CCC(C)(C)NC(=O)c1ccc(N2CCNC2=O)cc1. The minimum absolute atomic E-state index is 0.0886. The van der Waals surface area contributed by atoms with E-state index in [9.17, 15) is 9.59 Å². The van der Waals surface area contributed by atoms with Crippen LogP contribution < -0.4 is 15.5 Å². The van der Waals surface area contributed by atoms with Crippen molar-refractivity contribution in [2.75, 3.05) is 18.0 Å². The monoisotopic (exact) mass is 275 g/mol. The molecule has 0 saturated carbocycles. The van der Waals surface area contributed by atoms with Gasteiger partial charge in [0.1, 0.15) is 0 Å². The van der Waals surface area contributed by atoms with Gasteiger partial charge >= 0.3 is 6.03 Å². The molecular formula is C15H21N3O2. The minimum Gasteiger partial charge on any atom is -0.347 e. The highest BCUT2D eigenvalue weighted by Crippen LogP contribution is 2.18. The van der Waals surface area contributed by atoms with Gasteiger partial charge in [0.25, 0.3) is 5.91 Å². The number of rotatable bonds is 4. The molecule has 5 nitrogen and oxygen atoms in total. The van der Waals surface area contributed by atoms with E-state index in [0.717, 1.165) is 12.1 Å². The molecule has 1 saturated heterocycles. The van der Waals surface area contributed by atoms with E-state index in [-0.39, 0.29) is 17.5 Å². The quantitative estimate of drug-likeness (QED) is 0.884. The first-order valence-electron chi connectivity index (χ1n) is 6.91. The maximum Gasteiger partial charge on any atom is 0.321 e. The van der Waals surface area contributed by atoms with Gasteiger partial charge in [0, 0.05) is 29.9 Å². The number of nitrogens with one attached hydrogen (secondary N) is 2. The third kappa shape index (κ3) is 3.10. The van der Waals surface area contributed by atoms with E-state index >= 15 is 0 Å². The first kappa shape index (κ1) is 14.4. The van der Waals surface area contributed by atoms with Crippen LogP contribution in [0.1, 0.15) is 37.6 Å². The molecule has 1 aromatic rings. The average molecular weight is 275 g/mol. The Morgan fingerprint density at radius 3 is 2.50 bits per heavy atom. The summed E-state index contributed by atoms with van der Waals surface area (Å²) in [6.45, 7) is 7.34. The normalized spacial score (nSPS) is 15.2. The van der Waals surface area contributed by atoms with Crippen molar-refractivity contribution < 1.29 is 9.59 Å². The highest BCUT2D eigenvalue weighted by Gasteiger charge is 2.22. The van der Waals surface area contributed by atoms with E-state index in [1.165, 1.54) is 0 Å². The van der Waals surface area contributed by atoms with Gasteiger partial charge in [0.05, 0.1) is 0 Å². The van der Waals surface area contributed by atoms with E-state index in [1.54, 1.807) is 29.2 Å². The Bertz CT molecular complexity index is 508. The summed E-state index contributed by atoms with van der Waals surface area (Å²) in [5.74, 6) is -0.0886. The van der Waals surface area contributed by atoms with Crippen LogP contribution in [0.15, 0.2) is 24.3 Å². The van der Waals surface area contributed by atoms with Gasteiger partial charge in [0.15, 0.2) is 0 Å². The lowest BCUT2D eigenvalue weighted by Gasteiger charge is -2.24. The Kier molecular flexibility index (Phi) is 3.97. The highest BCUT2D eigenvalue weighted by molar-refractivity contribution is 5.97. The zero-order valence-electron chi connectivity index (χ0n) is 12.2. The van der Waals surface area contributed by atoms with Crippen LogP contribution in [0, 0.1) is 0 Å². The largest absolute Gasteiger partial charge is 0.347 e. The molecule has 0 aliphatic carbocycles. The van der Waals surface area contributed by atoms with Crippen molar-refractivity contribution >= 4 is 17.6 Å². The molecule has 0 atom stereocenters.